The number of nitrogens with zero attached hydrogens (tertiary/aromatic N) is 3. The zero-order valence-electron chi connectivity index (χ0n) is 17.7. The van der Waals surface area contributed by atoms with Crippen LogP contribution in [0.15, 0.2) is 78.0 Å². The summed E-state index contributed by atoms with van der Waals surface area (Å²) in [6.07, 6.45) is 0. The monoisotopic (exact) mass is 498 g/mol. The fraction of sp³-hybridized carbons (Fsp3) is 0.125. The number of rotatable bonds is 8. The molecule has 0 aliphatic rings. The number of amides is 1. The number of hydrogen-bond acceptors (Lipinski definition) is 5. The molecule has 0 saturated heterocycles. The largest absolute Gasteiger partial charge is 0.494 e. The van der Waals surface area contributed by atoms with E-state index in [0.717, 1.165) is 17.0 Å². The lowest BCUT2D eigenvalue weighted by Crippen LogP contribution is -2.14. The molecule has 1 heterocycles. The first kappa shape index (κ1) is 23.2. The van der Waals surface area contributed by atoms with Crippen LogP contribution in [0, 0.1) is 0 Å². The molecule has 0 radical (unpaired) electrons. The third-order valence-electron chi connectivity index (χ3n) is 4.63. The minimum absolute atomic E-state index is 0.128. The lowest BCUT2D eigenvalue weighted by Gasteiger charge is -2.12. The molecule has 0 aliphatic heterocycles. The van der Waals surface area contributed by atoms with Crippen molar-refractivity contribution in [2.45, 2.75) is 12.1 Å². The van der Waals surface area contributed by atoms with Gasteiger partial charge in [-0.3, -0.25) is 9.36 Å². The van der Waals surface area contributed by atoms with Gasteiger partial charge in [-0.2, -0.15) is 0 Å². The van der Waals surface area contributed by atoms with Crippen LogP contribution in [-0.2, 0) is 4.79 Å². The maximum Gasteiger partial charge on any atom is 0.234 e. The van der Waals surface area contributed by atoms with Crippen molar-refractivity contribution in [1.29, 1.82) is 0 Å². The summed E-state index contributed by atoms with van der Waals surface area (Å²) in [6.45, 7) is 2.52. The maximum absolute atomic E-state index is 12.5. The van der Waals surface area contributed by atoms with E-state index in [9.17, 15) is 4.79 Å². The number of aromatic nitrogens is 3. The summed E-state index contributed by atoms with van der Waals surface area (Å²) in [5.74, 6) is 1.28. The summed E-state index contributed by atoms with van der Waals surface area (Å²) in [5.41, 5.74) is 2.13. The first-order valence-corrected chi connectivity index (χ1v) is 11.9. The molecule has 6 nitrogen and oxygen atoms in total. The number of benzene rings is 3. The Hall–Kier alpha value is -3.00. The van der Waals surface area contributed by atoms with Crippen molar-refractivity contribution in [1.82, 2.24) is 14.8 Å². The predicted molar refractivity (Wildman–Crippen MR) is 134 cm³/mol. The molecule has 0 saturated carbocycles. The topological polar surface area (TPSA) is 69.0 Å². The summed E-state index contributed by atoms with van der Waals surface area (Å²) in [5, 5.41) is 13.1. The summed E-state index contributed by atoms with van der Waals surface area (Å²) >= 11 is 13.9. The van der Waals surface area contributed by atoms with Crippen LogP contribution in [0.1, 0.15) is 6.92 Å². The average Bonchev–Trinajstić information content (AvgIpc) is 3.24. The van der Waals surface area contributed by atoms with Crippen LogP contribution in [0.4, 0.5) is 5.69 Å². The van der Waals surface area contributed by atoms with E-state index in [1.165, 1.54) is 11.8 Å². The van der Waals surface area contributed by atoms with E-state index in [0.29, 0.717) is 33.3 Å². The second-order valence-corrected chi connectivity index (χ2v) is 8.62. The first-order chi connectivity index (χ1) is 16.1. The minimum Gasteiger partial charge on any atom is -0.494 e. The molecular formula is C24H20Cl2N4O2S. The van der Waals surface area contributed by atoms with E-state index in [1.54, 1.807) is 18.2 Å². The minimum atomic E-state index is -0.200. The van der Waals surface area contributed by atoms with Crippen molar-refractivity contribution in [3.63, 3.8) is 0 Å². The molecule has 4 aromatic rings. The Morgan fingerprint density at radius 3 is 2.36 bits per heavy atom. The molecule has 1 N–H and O–H groups in total. The summed E-state index contributed by atoms with van der Waals surface area (Å²) in [6, 6.07) is 22.1. The molecule has 3 aromatic carbocycles. The van der Waals surface area contributed by atoms with Gasteiger partial charge in [0.25, 0.3) is 0 Å². The Labute approximate surface area is 205 Å². The third-order valence-corrected chi connectivity index (χ3v) is 6.22. The molecule has 33 heavy (non-hydrogen) atoms. The number of halogens is 2. The predicted octanol–water partition coefficient (Wildman–Crippen LogP) is 6.37. The number of nitrogens with one attached hydrogen (secondary N) is 1. The maximum atomic E-state index is 12.5. The van der Waals surface area contributed by atoms with Crippen LogP contribution < -0.4 is 10.1 Å². The van der Waals surface area contributed by atoms with Crippen LogP contribution in [0.5, 0.6) is 5.75 Å². The number of carbonyl (C=O) groups excluding carboxylic acids is 1. The van der Waals surface area contributed by atoms with Crippen LogP contribution in [0.3, 0.4) is 0 Å². The van der Waals surface area contributed by atoms with Crippen molar-refractivity contribution in [2.75, 3.05) is 17.7 Å². The number of thioether (sulfide) groups is 1. The number of hydrogen-bond donors (Lipinski definition) is 1. The van der Waals surface area contributed by atoms with Gasteiger partial charge in [0.1, 0.15) is 5.75 Å². The van der Waals surface area contributed by atoms with Crippen molar-refractivity contribution < 1.29 is 9.53 Å². The van der Waals surface area contributed by atoms with E-state index in [1.807, 2.05) is 66.1 Å². The van der Waals surface area contributed by atoms with Gasteiger partial charge in [0.15, 0.2) is 11.0 Å². The van der Waals surface area contributed by atoms with Crippen molar-refractivity contribution in [3.05, 3.63) is 82.8 Å². The Kier molecular flexibility index (Phi) is 7.54. The number of para-hydroxylation sites is 1. The standard InChI is InChI=1S/C24H20Cl2N4O2S/c1-2-32-17-13-11-16(12-14-17)30-23(18-7-3-4-8-19(18)25)28-29-24(30)33-15-22(31)27-21-10-6-5-9-20(21)26/h3-14H,2,15H2,1H3,(H,27,31). The summed E-state index contributed by atoms with van der Waals surface area (Å²) in [7, 11) is 0. The smallest absolute Gasteiger partial charge is 0.234 e. The van der Waals surface area contributed by atoms with Gasteiger partial charge in [-0.05, 0) is 55.5 Å². The van der Waals surface area contributed by atoms with Gasteiger partial charge in [-0.25, -0.2) is 0 Å². The van der Waals surface area contributed by atoms with Gasteiger partial charge in [-0.1, -0.05) is 59.2 Å². The molecule has 4 rings (SSSR count). The van der Waals surface area contributed by atoms with Gasteiger partial charge < -0.3 is 10.1 Å². The van der Waals surface area contributed by atoms with Crippen LogP contribution in [0.2, 0.25) is 10.0 Å². The lowest BCUT2D eigenvalue weighted by molar-refractivity contribution is -0.113. The molecule has 0 spiro atoms. The average molecular weight is 499 g/mol. The third kappa shape index (κ3) is 5.50. The SMILES string of the molecule is CCOc1ccc(-n2c(SCC(=O)Nc3ccccc3Cl)nnc2-c2ccccc2Cl)cc1. The molecular weight excluding hydrogens is 479 g/mol. The lowest BCUT2D eigenvalue weighted by atomic mass is 10.2. The van der Waals surface area contributed by atoms with Crippen molar-refractivity contribution >= 4 is 46.6 Å². The summed E-state index contributed by atoms with van der Waals surface area (Å²) < 4.78 is 7.44. The number of carbonyl (C=O) groups is 1. The zero-order chi connectivity index (χ0) is 23.2. The van der Waals surface area contributed by atoms with Crippen molar-refractivity contribution in [3.8, 4) is 22.8 Å². The molecule has 1 amide bonds. The van der Waals surface area contributed by atoms with E-state index >= 15 is 0 Å². The highest BCUT2D eigenvalue weighted by atomic mass is 35.5. The summed E-state index contributed by atoms with van der Waals surface area (Å²) in [4.78, 5) is 12.5. The molecule has 168 valence electrons. The van der Waals surface area contributed by atoms with Crippen molar-refractivity contribution in [2.24, 2.45) is 0 Å². The molecule has 0 bridgehead atoms. The second kappa shape index (κ2) is 10.7. The van der Waals surface area contributed by atoms with Crippen LogP contribution in [0.25, 0.3) is 17.1 Å². The highest BCUT2D eigenvalue weighted by Crippen LogP contribution is 2.32. The molecule has 0 atom stereocenters. The Balaban J connectivity index is 1.63. The molecule has 0 fully saturated rings. The fourth-order valence-corrected chi connectivity index (χ4v) is 4.31. The highest BCUT2D eigenvalue weighted by molar-refractivity contribution is 7.99. The van der Waals surface area contributed by atoms with Gasteiger partial charge in [0, 0.05) is 11.3 Å². The number of anilines is 1. The van der Waals surface area contributed by atoms with Crippen LogP contribution in [-0.4, -0.2) is 33.0 Å². The van der Waals surface area contributed by atoms with Gasteiger partial charge in [-0.15, -0.1) is 10.2 Å². The van der Waals surface area contributed by atoms with E-state index in [-0.39, 0.29) is 11.7 Å². The van der Waals surface area contributed by atoms with E-state index < -0.39 is 0 Å². The second-order valence-electron chi connectivity index (χ2n) is 6.87. The molecule has 9 heteroatoms. The van der Waals surface area contributed by atoms with E-state index in [2.05, 4.69) is 15.5 Å². The number of ether oxygens (including phenoxy) is 1. The van der Waals surface area contributed by atoms with Crippen LogP contribution >= 0.6 is 35.0 Å². The van der Waals surface area contributed by atoms with Gasteiger partial charge >= 0.3 is 0 Å². The Bertz CT molecular complexity index is 1260. The fourth-order valence-electron chi connectivity index (χ4n) is 3.15. The Morgan fingerprint density at radius 2 is 1.67 bits per heavy atom. The van der Waals surface area contributed by atoms with E-state index in [4.69, 9.17) is 27.9 Å². The quantitative estimate of drug-likeness (QED) is 0.285. The first-order valence-electron chi connectivity index (χ1n) is 10.2. The Morgan fingerprint density at radius 1 is 0.970 bits per heavy atom. The normalized spacial score (nSPS) is 10.8. The van der Waals surface area contributed by atoms with Gasteiger partial charge in [0.2, 0.25) is 5.91 Å². The highest BCUT2D eigenvalue weighted by Gasteiger charge is 2.19. The van der Waals surface area contributed by atoms with Gasteiger partial charge in [0.05, 0.1) is 28.1 Å². The molecule has 0 aliphatic carbocycles. The molecule has 0 unspecified atom stereocenters. The molecule has 1 aromatic heterocycles. The zero-order valence-corrected chi connectivity index (χ0v) is 20.0.